The smallest absolute Gasteiger partial charge is 0.305 e. The predicted octanol–water partition coefficient (Wildman–Crippen LogP) is 2.51. The quantitative estimate of drug-likeness (QED) is 0.0574. The van der Waals surface area contributed by atoms with Crippen LogP contribution in [0, 0.1) is 0 Å². The normalized spacial score (nSPS) is 11.7. The molecule has 0 spiro atoms. The van der Waals surface area contributed by atoms with Gasteiger partial charge in [0.05, 0.1) is 12.1 Å². The number of hydrogen-bond donors (Lipinski definition) is 6. The van der Waals surface area contributed by atoms with E-state index in [4.69, 9.17) is 28.4 Å². The van der Waals surface area contributed by atoms with E-state index in [-0.39, 0.29) is 19.4 Å². The number of hydrazone groups is 1. The zero-order chi connectivity index (χ0) is 30.5. The number of nitrogens with one attached hydrogen (secondary N) is 3. The highest BCUT2D eigenvalue weighted by molar-refractivity contribution is 6.30. The minimum Gasteiger partial charge on any atom is -0.481 e. The third-order valence-electron chi connectivity index (χ3n) is 5.83. The Bertz CT molecular complexity index is 1460. The lowest BCUT2D eigenvalue weighted by Crippen LogP contribution is -2.44. The number of halogens is 1. The summed E-state index contributed by atoms with van der Waals surface area (Å²) in [6.45, 7) is -0.00692. The fraction of sp³-hybridized carbons (Fsp3) is 0.138. The van der Waals surface area contributed by atoms with E-state index in [0.717, 1.165) is 5.56 Å². The number of benzene rings is 3. The summed E-state index contributed by atoms with van der Waals surface area (Å²) in [7, 11) is 0. The van der Waals surface area contributed by atoms with Gasteiger partial charge >= 0.3 is 5.97 Å². The van der Waals surface area contributed by atoms with Crippen molar-refractivity contribution in [2.75, 3.05) is 16.9 Å². The standard InChI is InChI=1S/C29H30ClN7O5/c30-22-9-12-25(37(32)18-34-31)21(17-22)8-13-26(38)36-24(16-19-4-2-1-3-5-19)29(42)35-23-10-6-20(7-11-23)28(41)33-15-14-27(39)40/h1-13,17-18,24H,14-16,31-32H2,(H,33,41)(H,35,42)(H,36,38)(H,39,40)/b13-8+,34-18-/t24-/m0/s1. The fourth-order valence-corrected chi connectivity index (χ4v) is 3.97. The van der Waals surface area contributed by atoms with Gasteiger partial charge in [-0.3, -0.25) is 24.2 Å². The van der Waals surface area contributed by atoms with Gasteiger partial charge in [-0.1, -0.05) is 41.9 Å². The summed E-state index contributed by atoms with van der Waals surface area (Å²) < 4.78 is 0. The molecule has 0 bridgehead atoms. The Balaban J connectivity index is 1.73. The SMILES string of the molecule is N/N=C\N(N)c1ccc(Cl)cc1/C=C/C(=O)N[C@@H](Cc1ccccc1)C(=O)Nc1ccc(C(=O)NCCC(=O)O)cc1. The number of amides is 3. The summed E-state index contributed by atoms with van der Waals surface area (Å²) >= 11 is 6.12. The third-order valence-corrected chi connectivity index (χ3v) is 6.06. The van der Waals surface area contributed by atoms with E-state index in [1.165, 1.54) is 47.8 Å². The number of hydrazine groups is 1. The number of nitrogens with zero attached hydrogens (tertiary/aromatic N) is 2. The number of anilines is 2. The van der Waals surface area contributed by atoms with Crippen molar-refractivity contribution >= 4 is 59.1 Å². The molecule has 0 saturated carbocycles. The highest BCUT2D eigenvalue weighted by atomic mass is 35.5. The second-order valence-corrected chi connectivity index (χ2v) is 9.36. The Morgan fingerprint density at radius 2 is 1.74 bits per heavy atom. The maximum atomic E-state index is 13.3. The van der Waals surface area contributed by atoms with Crippen molar-refractivity contribution < 1.29 is 24.3 Å². The lowest BCUT2D eigenvalue weighted by atomic mass is 10.0. The maximum Gasteiger partial charge on any atom is 0.305 e. The molecular formula is C29H30ClN7O5. The Kier molecular flexibility index (Phi) is 11.6. The second kappa shape index (κ2) is 15.6. The molecular weight excluding hydrogens is 562 g/mol. The Labute approximate surface area is 247 Å². The number of carboxylic acids is 1. The summed E-state index contributed by atoms with van der Waals surface area (Å²) in [4.78, 5) is 49.0. The van der Waals surface area contributed by atoms with Crippen molar-refractivity contribution in [2.24, 2.45) is 16.8 Å². The zero-order valence-corrected chi connectivity index (χ0v) is 23.1. The molecule has 8 N–H and O–H groups in total. The third kappa shape index (κ3) is 9.77. The minimum absolute atomic E-state index is 0.00692. The number of rotatable bonds is 13. The van der Waals surface area contributed by atoms with Crippen LogP contribution >= 0.6 is 11.6 Å². The number of hydrogen-bond acceptors (Lipinski definition) is 7. The molecule has 0 fully saturated rings. The first-order valence-corrected chi connectivity index (χ1v) is 13.0. The lowest BCUT2D eigenvalue weighted by molar-refractivity contribution is -0.136. The van der Waals surface area contributed by atoms with Crippen molar-refractivity contribution in [3.8, 4) is 0 Å². The highest BCUT2D eigenvalue weighted by Gasteiger charge is 2.21. The average molecular weight is 592 g/mol. The summed E-state index contributed by atoms with van der Waals surface area (Å²) in [5.41, 5.74) is 2.52. The van der Waals surface area contributed by atoms with Crippen LogP contribution in [0.2, 0.25) is 5.02 Å². The van der Waals surface area contributed by atoms with Crippen molar-refractivity contribution in [1.82, 2.24) is 10.6 Å². The van der Waals surface area contributed by atoms with Gasteiger partial charge in [-0.2, -0.15) is 5.10 Å². The molecule has 0 aliphatic heterocycles. The first kappa shape index (κ1) is 31.3. The van der Waals surface area contributed by atoms with Gasteiger partial charge in [-0.15, -0.1) is 0 Å². The topological polar surface area (TPSA) is 192 Å². The van der Waals surface area contributed by atoms with Crippen LogP contribution in [0.15, 0.2) is 84.0 Å². The van der Waals surface area contributed by atoms with Crippen LogP contribution in [0.1, 0.15) is 27.9 Å². The van der Waals surface area contributed by atoms with Crippen LogP contribution in [0.4, 0.5) is 11.4 Å². The van der Waals surface area contributed by atoms with E-state index in [9.17, 15) is 19.2 Å². The van der Waals surface area contributed by atoms with Crippen molar-refractivity contribution in [3.63, 3.8) is 0 Å². The molecule has 0 aliphatic carbocycles. The molecule has 0 radical (unpaired) electrons. The number of aliphatic carboxylic acids is 1. The van der Waals surface area contributed by atoms with Crippen LogP contribution in [0.5, 0.6) is 0 Å². The van der Waals surface area contributed by atoms with E-state index in [1.807, 2.05) is 30.3 Å². The van der Waals surface area contributed by atoms with Crippen LogP contribution in [0.25, 0.3) is 6.08 Å². The number of carbonyl (C=O) groups is 4. The zero-order valence-electron chi connectivity index (χ0n) is 22.4. The fourth-order valence-electron chi connectivity index (χ4n) is 3.79. The Hall–Kier alpha value is -5.20. The van der Waals surface area contributed by atoms with Crippen molar-refractivity contribution in [1.29, 1.82) is 0 Å². The van der Waals surface area contributed by atoms with E-state index >= 15 is 0 Å². The second-order valence-electron chi connectivity index (χ2n) is 8.93. The van der Waals surface area contributed by atoms with E-state index in [0.29, 0.717) is 27.5 Å². The summed E-state index contributed by atoms with van der Waals surface area (Å²) in [5, 5.41) is 21.7. The molecule has 1 atom stereocenters. The first-order chi connectivity index (χ1) is 20.2. The molecule has 0 aliphatic rings. The Morgan fingerprint density at radius 3 is 2.40 bits per heavy atom. The molecule has 3 aromatic rings. The van der Waals surface area contributed by atoms with Crippen molar-refractivity contribution in [2.45, 2.75) is 18.9 Å². The van der Waals surface area contributed by atoms with Crippen LogP contribution in [0.3, 0.4) is 0 Å². The molecule has 13 heteroatoms. The van der Waals surface area contributed by atoms with Gasteiger partial charge in [-0.05, 0) is 54.1 Å². The maximum absolute atomic E-state index is 13.3. The molecule has 0 saturated heterocycles. The monoisotopic (exact) mass is 591 g/mol. The molecule has 42 heavy (non-hydrogen) atoms. The van der Waals surface area contributed by atoms with Gasteiger partial charge in [-0.25, -0.2) is 5.84 Å². The van der Waals surface area contributed by atoms with Gasteiger partial charge in [0.2, 0.25) is 11.8 Å². The van der Waals surface area contributed by atoms with Gasteiger partial charge in [0.15, 0.2) is 0 Å². The molecule has 0 unspecified atom stereocenters. The predicted molar refractivity (Wildman–Crippen MR) is 162 cm³/mol. The van der Waals surface area contributed by atoms with Gasteiger partial charge in [0, 0.05) is 40.9 Å². The number of carboxylic acid groups (broad SMARTS) is 1. The minimum atomic E-state index is -1.02. The van der Waals surface area contributed by atoms with Crippen molar-refractivity contribution in [3.05, 3.63) is 101 Å². The Morgan fingerprint density at radius 1 is 1.02 bits per heavy atom. The molecule has 0 heterocycles. The summed E-state index contributed by atoms with van der Waals surface area (Å²) in [5.74, 6) is 8.64. The average Bonchev–Trinajstić information content (AvgIpc) is 2.96. The van der Waals surface area contributed by atoms with E-state index in [1.54, 1.807) is 18.2 Å². The lowest BCUT2D eigenvalue weighted by Gasteiger charge is -2.18. The van der Waals surface area contributed by atoms with E-state index in [2.05, 4.69) is 21.1 Å². The molecule has 0 aromatic heterocycles. The molecule has 3 aromatic carbocycles. The van der Waals surface area contributed by atoms with E-state index < -0.39 is 29.7 Å². The van der Waals surface area contributed by atoms with Crippen LogP contribution in [-0.2, 0) is 20.8 Å². The molecule has 12 nitrogen and oxygen atoms in total. The number of nitrogens with two attached hydrogens (primary N) is 2. The first-order valence-electron chi connectivity index (χ1n) is 12.7. The summed E-state index contributed by atoms with van der Waals surface area (Å²) in [6, 6.07) is 19.2. The van der Waals surface area contributed by atoms with Gasteiger partial charge < -0.3 is 26.9 Å². The molecule has 3 rings (SSSR count). The molecule has 3 amide bonds. The van der Waals surface area contributed by atoms with Crippen LogP contribution < -0.4 is 32.6 Å². The van der Waals surface area contributed by atoms with Gasteiger partial charge in [0.1, 0.15) is 12.4 Å². The largest absolute Gasteiger partial charge is 0.481 e. The highest BCUT2D eigenvalue weighted by Crippen LogP contribution is 2.23. The number of carbonyl (C=O) groups excluding carboxylic acids is 3. The van der Waals surface area contributed by atoms with Gasteiger partial charge in [0.25, 0.3) is 5.91 Å². The molecule has 218 valence electrons. The summed E-state index contributed by atoms with van der Waals surface area (Å²) in [6.07, 6.45) is 3.96. The van der Waals surface area contributed by atoms with Crippen LogP contribution in [-0.4, -0.2) is 47.7 Å².